The molecular formula is C13H24SSi. The zero-order valence-corrected chi connectivity index (χ0v) is 12.5. The summed E-state index contributed by atoms with van der Waals surface area (Å²) in [5.41, 5.74) is 0. The van der Waals surface area contributed by atoms with E-state index in [9.17, 15) is 0 Å². The normalized spacial score (nSPS) is 15.2. The fourth-order valence-corrected chi connectivity index (χ4v) is 6.48. The molecule has 2 heteroatoms. The Hall–Kier alpha value is -0.0831. The highest BCUT2D eigenvalue weighted by molar-refractivity contribution is 7.11. The quantitative estimate of drug-likeness (QED) is 0.661. The molecule has 86 valence electrons. The minimum absolute atomic E-state index is 0.636. The van der Waals surface area contributed by atoms with Gasteiger partial charge in [0, 0.05) is 4.88 Å². The molecule has 0 amide bonds. The van der Waals surface area contributed by atoms with E-state index in [4.69, 9.17) is 0 Å². The summed E-state index contributed by atoms with van der Waals surface area (Å²) in [6.07, 6.45) is 4.15. The minimum atomic E-state index is -0.636. The highest BCUT2D eigenvalue weighted by Gasteiger charge is 2.14. The van der Waals surface area contributed by atoms with Gasteiger partial charge in [-0.25, -0.2) is 0 Å². The van der Waals surface area contributed by atoms with Crippen molar-refractivity contribution in [2.45, 2.75) is 52.6 Å². The maximum atomic E-state index is 2.51. The van der Waals surface area contributed by atoms with Gasteiger partial charge in [0.05, 0.1) is 8.80 Å². The highest BCUT2D eigenvalue weighted by Crippen LogP contribution is 2.19. The van der Waals surface area contributed by atoms with Crippen molar-refractivity contribution >= 4 is 25.3 Å². The summed E-state index contributed by atoms with van der Waals surface area (Å²) in [6, 6.07) is 3.92. The molecule has 1 aromatic rings. The molecule has 1 aromatic heterocycles. The predicted molar refractivity (Wildman–Crippen MR) is 75.2 cm³/mol. The third kappa shape index (κ3) is 4.11. The highest BCUT2D eigenvalue weighted by atomic mass is 32.1. The summed E-state index contributed by atoms with van der Waals surface area (Å²) >= 11 is 1.92. The van der Waals surface area contributed by atoms with Gasteiger partial charge in [-0.1, -0.05) is 50.9 Å². The molecule has 2 unspecified atom stereocenters. The summed E-state index contributed by atoms with van der Waals surface area (Å²) in [5.74, 6) is 0.983. The Morgan fingerprint density at radius 3 is 2.60 bits per heavy atom. The molecule has 2 atom stereocenters. The second-order valence-corrected chi connectivity index (χ2v) is 8.75. The Bertz CT molecular complexity index is 280. The number of thiophene rings is 1. The number of hydrogen-bond acceptors (Lipinski definition) is 1. The van der Waals surface area contributed by atoms with Crippen LogP contribution in [0.25, 0.3) is 0 Å². The van der Waals surface area contributed by atoms with Crippen molar-refractivity contribution in [1.82, 2.24) is 0 Å². The van der Waals surface area contributed by atoms with Gasteiger partial charge < -0.3 is 0 Å². The fraction of sp³-hybridized carbons (Fsp3) is 0.692. The smallest absolute Gasteiger partial charge is 0.0691 e. The van der Waals surface area contributed by atoms with Crippen molar-refractivity contribution in [2.24, 2.45) is 5.92 Å². The van der Waals surface area contributed by atoms with Gasteiger partial charge >= 0.3 is 0 Å². The minimum Gasteiger partial charge on any atom is -0.149 e. The molecule has 0 bridgehead atoms. The molecule has 1 rings (SSSR count). The van der Waals surface area contributed by atoms with Crippen molar-refractivity contribution < 1.29 is 0 Å². The van der Waals surface area contributed by atoms with Gasteiger partial charge in [-0.3, -0.25) is 0 Å². The van der Waals surface area contributed by atoms with Crippen LogP contribution in [0.2, 0.25) is 12.6 Å². The van der Waals surface area contributed by atoms with Crippen molar-refractivity contribution in [2.75, 3.05) is 0 Å². The lowest BCUT2D eigenvalue weighted by atomic mass is 10.0. The van der Waals surface area contributed by atoms with Crippen LogP contribution in [-0.4, -0.2) is 8.80 Å². The van der Waals surface area contributed by atoms with Crippen LogP contribution < -0.4 is 5.19 Å². The van der Waals surface area contributed by atoms with E-state index in [1.165, 1.54) is 30.2 Å². The molecule has 0 nitrogen and oxygen atoms in total. The van der Waals surface area contributed by atoms with Crippen molar-refractivity contribution in [1.29, 1.82) is 0 Å². The molecule has 15 heavy (non-hydrogen) atoms. The van der Waals surface area contributed by atoms with Gasteiger partial charge in [0.1, 0.15) is 0 Å². The van der Waals surface area contributed by atoms with Crippen molar-refractivity contribution in [3.63, 3.8) is 0 Å². The molecular weight excluding hydrogens is 216 g/mol. The lowest BCUT2D eigenvalue weighted by molar-refractivity contribution is 0.506. The summed E-state index contributed by atoms with van der Waals surface area (Å²) in [4.78, 5) is 1.48. The molecule has 0 saturated heterocycles. The molecule has 0 spiro atoms. The van der Waals surface area contributed by atoms with Crippen LogP contribution in [0.3, 0.4) is 0 Å². The summed E-state index contributed by atoms with van der Waals surface area (Å²) < 4.78 is 0. The number of aryl methyl sites for hydroxylation is 1. The number of rotatable bonds is 6. The summed E-state index contributed by atoms with van der Waals surface area (Å²) in [7, 11) is -0.636. The van der Waals surface area contributed by atoms with Gasteiger partial charge in [0.15, 0.2) is 0 Å². The SMILES string of the molecule is CCCC(CC)C[SiH](C)c1csc(C)c1. The second kappa shape index (κ2) is 6.49. The third-order valence-electron chi connectivity index (χ3n) is 3.28. The fourth-order valence-electron chi connectivity index (χ4n) is 2.26. The van der Waals surface area contributed by atoms with Gasteiger partial charge in [-0.05, 0) is 24.3 Å². The molecule has 0 fully saturated rings. The average molecular weight is 240 g/mol. The lowest BCUT2D eigenvalue weighted by Gasteiger charge is -2.17. The van der Waals surface area contributed by atoms with Gasteiger partial charge in [-0.15, -0.1) is 11.3 Å². The molecule has 1 heterocycles. The largest absolute Gasteiger partial charge is 0.149 e. The van der Waals surface area contributed by atoms with Crippen molar-refractivity contribution in [3.8, 4) is 0 Å². The predicted octanol–water partition coefficient (Wildman–Crippen LogP) is 3.95. The molecule has 0 aromatic carbocycles. The Morgan fingerprint density at radius 1 is 1.40 bits per heavy atom. The van der Waals surface area contributed by atoms with Crippen LogP contribution in [-0.2, 0) is 0 Å². The standard InChI is InChI=1S/C13H24SSi/c1-5-7-12(6-2)10-15(4)13-8-11(3)14-9-13/h8-9,12,15H,5-7,10H2,1-4H3. The first-order valence-electron chi connectivity index (χ1n) is 6.22. The molecule has 0 aliphatic heterocycles. The Morgan fingerprint density at radius 2 is 2.13 bits per heavy atom. The topological polar surface area (TPSA) is 0 Å². The zero-order valence-electron chi connectivity index (χ0n) is 10.5. The molecule has 0 aliphatic carbocycles. The van der Waals surface area contributed by atoms with E-state index in [2.05, 4.69) is 38.8 Å². The van der Waals surface area contributed by atoms with Crippen LogP contribution in [0.15, 0.2) is 11.4 Å². The first-order chi connectivity index (χ1) is 7.17. The first kappa shape index (κ1) is 13.0. The first-order valence-corrected chi connectivity index (χ1v) is 9.65. The second-order valence-electron chi connectivity index (χ2n) is 4.69. The average Bonchev–Trinajstić information content (AvgIpc) is 2.64. The maximum Gasteiger partial charge on any atom is 0.0691 e. The van der Waals surface area contributed by atoms with Gasteiger partial charge in [0.2, 0.25) is 0 Å². The summed E-state index contributed by atoms with van der Waals surface area (Å²) in [6.45, 7) is 9.39. The van der Waals surface area contributed by atoms with E-state index in [0.717, 1.165) is 5.92 Å². The van der Waals surface area contributed by atoms with E-state index < -0.39 is 8.80 Å². The Labute approximate surface area is 100 Å². The zero-order chi connectivity index (χ0) is 11.3. The van der Waals surface area contributed by atoms with Gasteiger partial charge in [0.25, 0.3) is 0 Å². The van der Waals surface area contributed by atoms with Crippen LogP contribution in [0, 0.1) is 12.8 Å². The third-order valence-corrected chi connectivity index (χ3v) is 7.25. The van der Waals surface area contributed by atoms with Crippen LogP contribution in [0.4, 0.5) is 0 Å². The van der Waals surface area contributed by atoms with E-state index in [1.54, 1.807) is 5.19 Å². The molecule has 0 saturated carbocycles. The molecule has 0 N–H and O–H groups in total. The van der Waals surface area contributed by atoms with Crippen molar-refractivity contribution in [3.05, 3.63) is 16.3 Å². The van der Waals surface area contributed by atoms with E-state index >= 15 is 0 Å². The Balaban J connectivity index is 2.50. The number of hydrogen-bond donors (Lipinski definition) is 0. The lowest BCUT2D eigenvalue weighted by Crippen LogP contribution is -2.27. The summed E-state index contributed by atoms with van der Waals surface area (Å²) in [5, 5.41) is 4.08. The van der Waals surface area contributed by atoms with Crippen LogP contribution in [0.5, 0.6) is 0 Å². The molecule has 0 aliphatic rings. The molecule has 0 radical (unpaired) electrons. The van der Waals surface area contributed by atoms with Gasteiger partial charge in [-0.2, -0.15) is 0 Å². The van der Waals surface area contributed by atoms with Crippen LogP contribution >= 0.6 is 11.3 Å². The monoisotopic (exact) mass is 240 g/mol. The van der Waals surface area contributed by atoms with E-state index in [1.807, 2.05) is 11.3 Å². The van der Waals surface area contributed by atoms with Crippen LogP contribution in [0.1, 0.15) is 38.0 Å². The maximum absolute atomic E-state index is 2.51. The van der Waals surface area contributed by atoms with E-state index in [-0.39, 0.29) is 0 Å². The Kier molecular flexibility index (Phi) is 5.62. The van der Waals surface area contributed by atoms with E-state index in [0.29, 0.717) is 0 Å².